The van der Waals surface area contributed by atoms with Gasteiger partial charge in [-0.15, -0.1) is 0 Å². The lowest BCUT2D eigenvalue weighted by molar-refractivity contribution is 0.628. The first kappa shape index (κ1) is 7.97. The molecule has 3 heteroatoms. The SMILES string of the molecule is CPc1ccc(F)c(Cl)c1. The average Bonchev–Trinajstić information content (AvgIpc) is 1.95. The van der Waals surface area contributed by atoms with Crippen molar-refractivity contribution in [2.75, 3.05) is 6.66 Å². The minimum Gasteiger partial charge on any atom is -0.205 e. The van der Waals surface area contributed by atoms with Crippen molar-refractivity contribution in [3.8, 4) is 0 Å². The van der Waals surface area contributed by atoms with Crippen molar-refractivity contribution >= 4 is 25.5 Å². The van der Waals surface area contributed by atoms with Gasteiger partial charge >= 0.3 is 0 Å². The van der Waals surface area contributed by atoms with E-state index >= 15 is 0 Å². The van der Waals surface area contributed by atoms with E-state index in [-0.39, 0.29) is 10.8 Å². The highest BCUT2D eigenvalue weighted by Gasteiger charge is 1.97. The molecular weight excluding hydrogens is 170 g/mol. The highest BCUT2D eigenvalue weighted by molar-refractivity contribution is 7.46. The molecule has 0 nitrogen and oxygen atoms in total. The van der Waals surface area contributed by atoms with Gasteiger partial charge in [0, 0.05) is 0 Å². The Morgan fingerprint density at radius 3 is 2.70 bits per heavy atom. The summed E-state index contributed by atoms with van der Waals surface area (Å²) < 4.78 is 12.5. The molecule has 0 heterocycles. The van der Waals surface area contributed by atoms with Crippen LogP contribution in [-0.2, 0) is 0 Å². The van der Waals surface area contributed by atoms with Gasteiger partial charge in [-0.3, -0.25) is 0 Å². The largest absolute Gasteiger partial charge is 0.205 e. The van der Waals surface area contributed by atoms with Gasteiger partial charge in [0.15, 0.2) is 0 Å². The fourth-order valence-corrected chi connectivity index (χ4v) is 1.46. The highest BCUT2D eigenvalue weighted by atomic mass is 35.5. The zero-order valence-corrected chi connectivity index (χ0v) is 7.24. The van der Waals surface area contributed by atoms with Crippen LogP contribution < -0.4 is 5.30 Å². The van der Waals surface area contributed by atoms with Crippen LogP contribution in [0, 0.1) is 5.82 Å². The number of rotatable bonds is 1. The van der Waals surface area contributed by atoms with Crippen LogP contribution in [0.4, 0.5) is 4.39 Å². The smallest absolute Gasteiger partial charge is 0.141 e. The Balaban J connectivity index is 3.04. The average molecular weight is 177 g/mol. The van der Waals surface area contributed by atoms with Crippen molar-refractivity contribution < 1.29 is 4.39 Å². The Labute approximate surface area is 66.2 Å². The maximum atomic E-state index is 12.5. The summed E-state index contributed by atoms with van der Waals surface area (Å²) in [6.45, 7) is 2.03. The normalized spacial score (nSPS) is 11.1. The molecular formula is C7H7ClFP. The van der Waals surface area contributed by atoms with Gasteiger partial charge in [-0.2, -0.15) is 0 Å². The van der Waals surface area contributed by atoms with Gasteiger partial charge in [0.05, 0.1) is 5.02 Å². The lowest BCUT2D eigenvalue weighted by Gasteiger charge is -1.96. The first-order valence-electron chi connectivity index (χ1n) is 2.87. The van der Waals surface area contributed by atoms with Gasteiger partial charge in [-0.25, -0.2) is 4.39 Å². The Kier molecular flexibility index (Phi) is 2.64. The maximum absolute atomic E-state index is 12.5. The van der Waals surface area contributed by atoms with Crippen LogP contribution in [-0.4, -0.2) is 6.66 Å². The van der Waals surface area contributed by atoms with Gasteiger partial charge in [0.1, 0.15) is 5.82 Å². The van der Waals surface area contributed by atoms with Crippen molar-refractivity contribution in [3.63, 3.8) is 0 Å². The van der Waals surface area contributed by atoms with Crippen LogP contribution in [0.15, 0.2) is 18.2 Å². The van der Waals surface area contributed by atoms with Crippen LogP contribution in [0.5, 0.6) is 0 Å². The summed E-state index contributed by atoms with van der Waals surface area (Å²) in [6, 6.07) is 4.81. The number of hydrogen-bond acceptors (Lipinski definition) is 0. The lowest BCUT2D eigenvalue weighted by Crippen LogP contribution is -1.92. The molecule has 10 heavy (non-hydrogen) atoms. The van der Waals surface area contributed by atoms with Crippen LogP contribution in [0.3, 0.4) is 0 Å². The van der Waals surface area contributed by atoms with Crippen molar-refractivity contribution in [3.05, 3.63) is 29.0 Å². The van der Waals surface area contributed by atoms with E-state index in [1.165, 1.54) is 6.07 Å². The molecule has 0 N–H and O–H groups in total. The van der Waals surface area contributed by atoms with E-state index in [2.05, 4.69) is 0 Å². The molecule has 0 saturated heterocycles. The molecule has 0 amide bonds. The molecule has 0 spiro atoms. The maximum Gasteiger partial charge on any atom is 0.141 e. The fraction of sp³-hybridized carbons (Fsp3) is 0.143. The molecule has 0 fully saturated rings. The predicted octanol–water partition coefficient (Wildman–Crippen LogP) is 2.41. The van der Waals surface area contributed by atoms with E-state index in [4.69, 9.17) is 11.6 Å². The van der Waals surface area contributed by atoms with Crippen LogP contribution in [0.25, 0.3) is 0 Å². The van der Waals surface area contributed by atoms with Gasteiger partial charge in [-0.1, -0.05) is 26.2 Å². The Hall–Kier alpha value is -0.130. The molecule has 0 aliphatic heterocycles. The second kappa shape index (κ2) is 3.32. The van der Waals surface area contributed by atoms with E-state index < -0.39 is 0 Å². The Bertz CT molecular complexity index is 237. The van der Waals surface area contributed by atoms with Crippen LogP contribution in [0.2, 0.25) is 5.02 Å². The Morgan fingerprint density at radius 1 is 1.50 bits per heavy atom. The standard InChI is InChI=1S/C7H7ClFP/c1-10-5-2-3-7(9)6(8)4-5/h2-4,10H,1H3. The third-order valence-electron chi connectivity index (χ3n) is 1.21. The molecule has 0 aromatic heterocycles. The highest BCUT2D eigenvalue weighted by Crippen LogP contribution is 2.14. The predicted molar refractivity (Wildman–Crippen MR) is 45.3 cm³/mol. The third-order valence-corrected chi connectivity index (χ3v) is 2.39. The lowest BCUT2D eigenvalue weighted by atomic mass is 10.3. The summed E-state index contributed by atoms with van der Waals surface area (Å²) in [4.78, 5) is 0. The van der Waals surface area contributed by atoms with Crippen LogP contribution in [0.1, 0.15) is 0 Å². The van der Waals surface area contributed by atoms with Gasteiger partial charge in [0.2, 0.25) is 0 Å². The van der Waals surface area contributed by atoms with Crippen LogP contribution >= 0.6 is 20.2 Å². The van der Waals surface area contributed by atoms with Gasteiger partial charge in [-0.05, 0) is 24.1 Å². The second-order valence-corrected chi connectivity index (χ2v) is 3.36. The topological polar surface area (TPSA) is 0 Å². The quantitative estimate of drug-likeness (QED) is 0.577. The molecule has 1 unspecified atom stereocenters. The summed E-state index contributed by atoms with van der Waals surface area (Å²) in [6.07, 6.45) is 0. The molecule has 1 rings (SSSR count). The first-order chi connectivity index (χ1) is 4.74. The molecule has 0 bridgehead atoms. The van der Waals surface area contributed by atoms with E-state index in [1.54, 1.807) is 12.1 Å². The summed E-state index contributed by atoms with van der Waals surface area (Å²) in [5.74, 6) is -0.344. The van der Waals surface area contributed by atoms with Crippen molar-refractivity contribution in [2.45, 2.75) is 0 Å². The number of halogens is 2. The summed E-state index contributed by atoms with van der Waals surface area (Å²) >= 11 is 5.52. The van der Waals surface area contributed by atoms with E-state index in [0.29, 0.717) is 8.58 Å². The van der Waals surface area contributed by atoms with E-state index in [1.807, 2.05) is 6.66 Å². The Morgan fingerprint density at radius 2 is 2.20 bits per heavy atom. The molecule has 0 aliphatic carbocycles. The number of benzene rings is 1. The summed E-state index contributed by atoms with van der Waals surface area (Å²) in [5.41, 5.74) is 0. The van der Waals surface area contributed by atoms with E-state index in [0.717, 1.165) is 5.30 Å². The minimum atomic E-state index is -0.344. The zero-order valence-electron chi connectivity index (χ0n) is 5.49. The zero-order chi connectivity index (χ0) is 7.56. The van der Waals surface area contributed by atoms with Crippen molar-refractivity contribution in [1.82, 2.24) is 0 Å². The van der Waals surface area contributed by atoms with Crippen molar-refractivity contribution in [1.29, 1.82) is 0 Å². The minimum absolute atomic E-state index is 0.215. The van der Waals surface area contributed by atoms with Crippen molar-refractivity contribution in [2.24, 2.45) is 0 Å². The molecule has 1 atom stereocenters. The third kappa shape index (κ3) is 1.68. The number of hydrogen-bond donors (Lipinski definition) is 0. The monoisotopic (exact) mass is 176 g/mol. The molecule has 0 radical (unpaired) electrons. The van der Waals surface area contributed by atoms with Gasteiger partial charge < -0.3 is 0 Å². The molecule has 54 valence electrons. The molecule has 1 aromatic rings. The molecule has 0 aliphatic rings. The fourth-order valence-electron chi connectivity index (χ4n) is 0.652. The summed E-state index contributed by atoms with van der Waals surface area (Å²) in [7, 11) is 0.672. The summed E-state index contributed by atoms with van der Waals surface area (Å²) in [5, 5.41) is 1.30. The first-order valence-corrected chi connectivity index (χ1v) is 4.74. The van der Waals surface area contributed by atoms with Gasteiger partial charge in [0.25, 0.3) is 0 Å². The molecule has 1 aromatic carbocycles. The second-order valence-electron chi connectivity index (χ2n) is 1.88. The molecule has 0 saturated carbocycles. The van der Waals surface area contributed by atoms with E-state index in [9.17, 15) is 4.39 Å².